The molecule has 0 aliphatic carbocycles. The number of likely N-dealkylation sites (tertiary alicyclic amines) is 1. The Labute approximate surface area is 94.2 Å². The molecule has 90 valence electrons. The second-order valence-electron chi connectivity index (χ2n) is 4.64. The molecular formula is C10H17N3O3. The average Bonchev–Trinajstić information content (AvgIpc) is 2.74. The summed E-state index contributed by atoms with van der Waals surface area (Å²) in [5.41, 5.74) is 0. The molecule has 6 nitrogen and oxygen atoms in total. The topological polar surface area (TPSA) is 72.9 Å². The van der Waals surface area contributed by atoms with E-state index < -0.39 is 5.97 Å². The van der Waals surface area contributed by atoms with Gasteiger partial charge < -0.3 is 20.2 Å². The van der Waals surface area contributed by atoms with Crippen LogP contribution in [0, 0.1) is 5.92 Å². The number of urea groups is 1. The molecule has 0 aromatic heterocycles. The van der Waals surface area contributed by atoms with E-state index in [0.717, 1.165) is 19.5 Å². The standard InChI is InChI=1S/C10H17N3O3/c1-12-3-2-7(4-12)8-5-13(6-9(14)15)10(16)11-8/h7-8H,2-6H2,1H3,(H,11,16)(H,14,15). The molecule has 2 aliphatic rings. The van der Waals surface area contributed by atoms with Crippen LogP contribution in [0.4, 0.5) is 4.79 Å². The summed E-state index contributed by atoms with van der Waals surface area (Å²) in [7, 11) is 2.06. The van der Waals surface area contributed by atoms with Gasteiger partial charge in [-0.05, 0) is 25.9 Å². The molecule has 0 aromatic carbocycles. The first-order valence-electron chi connectivity index (χ1n) is 5.52. The summed E-state index contributed by atoms with van der Waals surface area (Å²) in [6.07, 6.45) is 1.07. The van der Waals surface area contributed by atoms with Gasteiger partial charge in [0.1, 0.15) is 6.54 Å². The SMILES string of the molecule is CN1CCC(C2CN(CC(=O)O)C(=O)N2)C1. The number of hydrogen-bond acceptors (Lipinski definition) is 3. The Hall–Kier alpha value is -1.30. The van der Waals surface area contributed by atoms with Gasteiger partial charge in [0, 0.05) is 13.1 Å². The fourth-order valence-electron chi connectivity index (χ4n) is 2.48. The third kappa shape index (κ3) is 2.27. The summed E-state index contributed by atoms with van der Waals surface area (Å²) in [5, 5.41) is 11.5. The highest BCUT2D eigenvalue weighted by molar-refractivity contribution is 5.82. The smallest absolute Gasteiger partial charge is 0.323 e. The number of carbonyl (C=O) groups is 2. The third-order valence-corrected chi connectivity index (χ3v) is 3.34. The number of nitrogens with one attached hydrogen (secondary N) is 1. The fraction of sp³-hybridized carbons (Fsp3) is 0.800. The van der Waals surface area contributed by atoms with Crippen LogP contribution >= 0.6 is 0 Å². The van der Waals surface area contributed by atoms with E-state index in [2.05, 4.69) is 17.3 Å². The van der Waals surface area contributed by atoms with Gasteiger partial charge in [0.25, 0.3) is 0 Å². The highest BCUT2D eigenvalue weighted by atomic mass is 16.4. The highest BCUT2D eigenvalue weighted by Crippen LogP contribution is 2.21. The number of rotatable bonds is 3. The number of carbonyl (C=O) groups excluding carboxylic acids is 1. The molecule has 2 amide bonds. The lowest BCUT2D eigenvalue weighted by Gasteiger charge is -2.17. The molecule has 2 fully saturated rings. The minimum atomic E-state index is -0.959. The summed E-state index contributed by atoms with van der Waals surface area (Å²) in [6.45, 7) is 2.34. The fourth-order valence-corrected chi connectivity index (χ4v) is 2.48. The maximum absolute atomic E-state index is 11.5. The van der Waals surface area contributed by atoms with Crippen molar-refractivity contribution in [1.29, 1.82) is 0 Å². The summed E-state index contributed by atoms with van der Waals surface area (Å²) in [5.74, 6) is -0.507. The zero-order valence-corrected chi connectivity index (χ0v) is 9.35. The number of carboxylic acids is 1. The molecule has 2 saturated heterocycles. The Morgan fingerprint density at radius 2 is 2.31 bits per heavy atom. The third-order valence-electron chi connectivity index (χ3n) is 3.34. The lowest BCUT2D eigenvalue weighted by Crippen LogP contribution is -2.35. The molecule has 2 atom stereocenters. The van der Waals surface area contributed by atoms with Gasteiger partial charge in [-0.2, -0.15) is 0 Å². The van der Waals surface area contributed by atoms with Crippen LogP contribution in [0.5, 0.6) is 0 Å². The van der Waals surface area contributed by atoms with Crippen molar-refractivity contribution < 1.29 is 14.7 Å². The first-order valence-corrected chi connectivity index (χ1v) is 5.52. The molecule has 0 aromatic rings. The van der Waals surface area contributed by atoms with Crippen molar-refractivity contribution in [2.24, 2.45) is 5.92 Å². The largest absolute Gasteiger partial charge is 0.480 e. The Balaban J connectivity index is 1.90. The van der Waals surface area contributed by atoms with Crippen LogP contribution in [0.15, 0.2) is 0 Å². The average molecular weight is 227 g/mol. The van der Waals surface area contributed by atoms with E-state index in [0.29, 0.717) is 12.5 Å². The quantitative estimate of drug-likeness (QED) is 0.676. The molecule has 2 unspecified atom stereocenters. The van der Waals surface area contributed by atoms with Crippen LogP contribution in [-0.4, -0.2) is 66.2 Å². The van der Waals surface area contributed by atoms with E-state index in [-0.39, 0.29) is 18.6 Å². The molecule has 2 rings (SSSR count). The molecule has 0 radical (unpaired) electrons. The zero-order chi connectivity index (χ0) is 11.7. The summed E-state index contributed by atoms with van der Waals surface area (Å²) >= 11 is 0. The van der Waals surface area contributed by atoms with Crippen LogP contribution in [0.1, 0.15) is 6.42 Å². The maximum atomic E-state index is 11.5. The Morgan fingerprint density at radius 1 is 1.56 bits per heavy atom. The van der Waals surface area contributed by atoms with Crippen LogP contribution in [-0.2, 0) is 4.79 Å². The van der Waals surface area contributed by atoms with Gasteiger partial charge >= 0.3 is 12.0 Å². The second-order valence-corrected chi connectivity index (χ2v) is 4.64. The van der Waals surface area contributed by atoms with Gasteiger partial charge in [0.15, 0.2) is 0 Å². The zero-order valence-electron chi connectivity index (χ0n) is 9.35. The maximum Gasteiger partial charge on any atom is 0.323 e. The van der Waals surface area contributed by atoms with Crippen molar-refractivity contribution in [1.82, 2.24) is 15.1 Å². The van der Waals surface area contributed by atoms with E-state index in [1.54, 1.807) is 0 Å². The number of amides is 2. The predicted octanol–water partition coefficient (Wildman–Crippen LogP) is -0.583. The Morgan fingerprint density at radius 3 is 2.88 bits per heavy atom. The molecule has 16 heavy (non-hydrogen) atoms. The van der Waals surface area contributed by atoms with Gasteiger partial charge in [-0.25, -0.2) is 4.79 Å². The number of aliphatic carboxylic acids is 1. The van der Waals surface area contributed by atoms with E-state index >= 15 is 0 Å². The van der Waals surface area contributed by atoms with Crippen LogP contribution < -0.4 is 5.32 Å². The van der Waals surface area contributed by atoms with E-state index in [1.165, 1.54) is 4.90 Å². The molecule has 2 heterocycles. The van der Waals surface area contributed by atoms with E-state index in [9.17, 15) is 9.59 Å². The minimum absolute atomic E-state index is 0.108. The van der Waals surface area contributed by atoms with Crippen molar-refractivity contribution in [2.45, 2.75) is 12.5 Å². The van der Waals surface area contributed by atoms with Crippen LogP contribution in [0.25, 0.3) is 0 Å². The number of nitrogens with zero attached hydrogens (tertiary/aromatic N) is 2. The van der Waals surface area contributed by atoms with Gasteiger partial charge in [-0.1, -0.05) is 0 Å². The molecule has 0 spiro atoms. The van der Waals surface area contributed by atoms with Crippen LogP contribution in [0.2, 0.25) is 0 Å². The van der Waals surface area contributed by atoms with Gasteiger partial charge in [-0.3, -0.25) is 4.79 Å². The summed E-state index contributed by atoms with van der Waals surface area (Å²) < 4.78 is 0. The normalized spacial score (nSPS) is 30.8. The minimum Gasteiger partial charge on any atom is -0.480 e. The Kier molecular flexibility index (Phi) is 3.00. The highest BCUT2D eigenvalue weighted by Gasteiger charge is 2.37. The van der Waals surface area contributed by atoms with Crippen molar-refractivity contribution in [3.8, 4) is 0 Å². The molecule has 6 heteroatoms. The van der Waals surface area contributed by atoms with E-state index in [4.69, 9.17) is 5.11 Å². The molecule has 2 N–H and O–H groups in total. The van der Waals surface area contributed by atoms with Gasteiger partial charge in [0.2, 0.25) is 0 Å². The summed E-state index contributed by atoms with van der Waals surface area (Å²) in [4.78, 5) is 25.6. The van der Waals surface area contributed by atoms with Crippen molar-refractivity contribution in [2.75, 3.05) is 33.2 Å². The second kappa shape index (κ2) is 4.29. The van der Waals surface area contributed by atoms with Gasteiger partial charge in [0.05, 0.1) is 6.04 Å². The van der Waals surface area contributed by atoms with Crippen LogP contribution in [0.3, 0.4) is 0 Å². The lowest BCUT2D eigenvalue weighted by molar-refractivity contribution is -0.137. The number of hydrogen-bond donors (Lipinski definition) is 2. The van der Waals surface area contributed by atoms with Gasteiger partial charge in [-0.15, -0.1) is 0 Å². The molecule has 2 aliphatic heterocycles. The first-order chi connectivity index (χ1) is 7.56. The predicted molar refractivity (Wildman–Crippen MR) is 57.1 cm³/mol. The Bertz CT molecular complexity index is 308. The van der Waals surface area contributed by atoms with Crippen molar-refractivity contribution >= 4 is 12.0 Å². The monoisotopic (exact) mass is 227 g/mol. The van der Waals surface area contributed by atoms with Crippen molar-refractivity contribution in [3.63, 3.8) is 0 Å². The molecule has 0 saturated carbocycles. The molecular weight excluding hydrogens is 210 g/mol. The number of carboxylic acid groups (broad SMARTS) is 1. The first kappa shape index (κ1) is 11.2. The summed E-state index contributed by atoms with van der Waals surface area (Å²) in [6, 6.07) is -0.140. The molecule has 0 bridgehead atoms. The lowest BCUT2D eigenvalue weighted by atomic mass is 10.00. The van der Waals surface area contributed by atoms with Crippen molar-refractivity contribution in [3.05, 3.63) is 0 Å². The van der Waals surface area contributed by atoms with E-state index in [1.807, 2.05) is 0 Å².